The van der Waals surface area contributed by atoms with E-state index >= 15 is 0 Å². The summed E-state index contributed by atoms with van der Waals surface area (Å²) in [4.78, 5) is 8.41. The molecular formula is C13H12BrClN6. The van der Waals surface area contributed by atoms with Gasteiger partial charge in [0.15, 0.2) is 0 Å². The number of benzene rings is 1. The lowest BCUT2D eigenvalue weighted by Crippen LogP contribution is -2.01. The molecule has 6 nitrogen and oxygen atoms in total. The Labute approximate surface area is 134 Å². The van der Waals surface area contributed by atoms with Crippen LogP contribution in [0.3, 0.4) is 0 Å². The minimum Gasteiger partial charge on any atom is -0.350 e. The van der Waals surface area contributed by atoms with Gasteiger partial charge in [0.2, 0.25) is 10.7 Å². The molecule has 3 aromatic rings. The Morgan fingerprint density at radius 3 is 2.62 bits per heavy atom. The van der Waals surface area contributed by atoms with Crippen LogP contribution >= 0.6 is 27.5 Å². The van der Waals surface area contributed by atoms with Crippen LogP contribution in [0.5, 0.6) is 0 Å². The van der Waals surface area contributed by atoms with E-state index in [1.165, 1.54) is 0 Å². The molecule has 0 aliphatic rings. The van der Waals surface area contributed by atoms with Gasteiger partial charge >= 0.3 is 0 Å². The predicted octanol–water partition coefficient (Wildman–Crippen LogP) is 3.23. The second-order valence-corrected chi connectivity index (χ2v) is 5.60. The van der Waals surface area contributed by atoms with Gasteiger partial charge in [-0.2, -0.15) is 4.98 Å². The van der Waals surface area contributed by atoms with Gasteiger partial charge in [-0.05, 0) is 21.5 Å². The molecule has 2 N–H and O–H groups in total. The van der Waals surface area contributed by atoms with Crippen LogP contribution in [0.4, 0.5) is 5.95 Å². The Hall–Kier alpha value is -1.86. The molecule has 2 heterocycles. The van der Waals surface area contributed by atoms with E-state index in [-0.39, 0.29) is 0 Å². The quantitative estimate of drug-likeness (QED) is 0.742. The Bertz CT molecular complexity index is 748. The highest BCUT2D eigenvalue weighted by atomic mass is 79.9. The molecule has 108 valence electrons. The van der Waals surface area contributed by atoms with Crippen molar-refractivity contribution in [3.05, 3.63) is 45.9 Å². The topological polar surface area (TPSA) is 71.4 Å². The smallest absolute Gasteiger partial charge is 0.219 e. The lowest BCUT2D eigenvalue weighted by molar-refractivity contribution is 0.924. The molecule has 0 aliphatic heterocycles. The van der Waals surface area contributed by atoms with Crippen molar-refractivity contribution >= 4 is 33.5 Å². The summed E-state index contributed by atoms with van der Waals surface area (Å²) in [7, 11) is 1.92. The number of anilines is 1. The monoisotopic (exact) mass is 366 g/mol. The Balaban J connectivity index is 1.70. The molecule has 0 bridgehead atoms. The molecule has 0 amide bonds. The van der Waals surface area contributed by atoms with Crippen LogP contribution in [0, 0.1) is 0 Å². The number of aromatic nitrogens is 5. The van der Waals surface area contributed by atoms with Crippen LogP contribution < -0.4 is 5.32 Å². The number of imidazole rings is 1. The third kappa shape index (κ3) is 3.25. The van der Waals surface area contributed by atoms with E-state index < -0.39 is 0 Å². The molecule has 3 rings (SSSR count). The zero-order valence-corrected chi connectivity index (χ0v) is 13.5. The molecule has 0 radical (unpaired) electrons. The third-order valence-electron chi connectivity index (χ3n) is 2.98. The summed E-state index contributed by atoms with van der Waals surface area (Å²) in [5.41, 5.74) is 2.15. The molecule has 0 saturated heterocycles. The number of nitrogens with zero attached hydrogens (tertiary/aromatic N) is 4. The number of aromatic amines is 1. The van der Waals surface area contributed by atoms with E-state index in [2.05, 4.69) is 41.4 Å². The summed E-state index contributed by atoms with van der Waals surface area (Å²) in [6, 6.07) is 8.12. The van der Waals surface area contributed by atoms with Gasteiger partial charge in [-0.15, -0.1) is 5.10 Å². The van der Waals surface area contributed by atoms with E-state index in [9.17, 15) is 0 Å². The lowest BCUT2D eigenvalue weighted by Gasteiger charge is -2.05. The molecule has 0 spiro atoms. The number of halogens is 2. The number of nitrogens with one attached hydrogen (secondary N) is 2. The van der Waals surface area contributed by atoms with Gasteiger partial charge < -0.3 is 9.88 Å². The first-order valence-electron chi connectivity index (χ1n) is 6.22. The van der Waals surface area contributed by atoms with Gasteiger partial charge in [0.1, 0.15) is 11.0 Å². The van der Waals surface area contributed by atoms with E-state index in [1.54, 1.807) is 6.20 Å². The van der Waals surface area contributed by atoms with Crippen molar-refractivity contribution in [2.24, 2.45) is 7.05 Å². The highest BCUT2D eigenvalue weighted by Crippen LogP contribution is 2.20. The van der Waals surface area contributed by atoms with Gasteiger partial charge in [0.05, 0.1) is 0 Å². The average molecular weight is 368 g/mol. The predicted molar refractivity (Wildman–Crippen MR) is 85.1 cm³/mol. The summed E-state index contributed by atoms with van der Waals surface area (Å²) in [6.45, 7) is 0.656. The number of aryl methyl sites for hydroxylation is 1. The summed E-state index contributed by atoms with van der Waals surface area (Å²) in [5.74, 6) is 1.47. The van der Waals surface area contributed by atoms with E-state index in [0.29, 0.717) is 22.4 Å². The fourth-order valence-electron chi connectivity index (χ4n) is 1.98. The minimum atomic E-state index is 0.495. The average Bonchev–Trinajstić information content (AvgIpc) is 3.03. The molecule has 0 fully saturated rings. The number of hydrogen-bond acceptors (Lipinski definition) is 4. The zero-order chi connectivity index (χ0) is 14.8. The summed E-state index contributed by atoms with van der Waals surface area (Å²) in [5, 5.41) is 10.3. The van der Waals surface area contributed by atoms with Crippen molar-refractivity contribution in [3.8, 4) is 11.4 Å². The van der Waals surface area contributed by atoms with Crippen molar-refractivity contribution < 1.29 is 0 Å². The maximum Gasteiger partial charge on any atom is 0.219 e. The van der Waals surface area contributed by atoms with E-state index in [4.69, 9.17) is 11.6 Å². The van der Waals surface area contributed by atoms with Crippen molar-refractivity contribution in [2.45, 2.75) is 6.54 Å². The highest BCUT2D eigenvalue weighted by Gasteiger charge is 2.06. The summed E-state index contributed by atoms with van der Waals surface area (Å²) in [6.07, 6.45) is 1.79. The minimum absolute atomic E-state index is 0.495. The molecule has 8 heteroatoms. The Kier molecular flexibility index (Phi) is 3.94. The lowest BCUT2D eigenvalue weighted by atomic mass is 10.1. The van der Waals surface area contributed by atoms with Gasteiger partial charge in [-0.25, -0.2) is 10.1 Å². The molecular weight excluding hydrogens is 356 g/mol. The fourth-order valence-corrected chi connectivity index (χ4v) is 2.47. The largest absolute Gasteiger partial charge is 0.350 e. The van der Waals surface area contributed by atoms with Gasteiger partial charge in [-0.3, -0.25) is 0 Å². The molecule has 1 aromatic carbocycles. The number of rotatable bonds is 4. The molecule has 21 heavy (non-hydrogen) atoms. The molecule has 0 aliphatic carbocycles. The maximum absolute atomic E-state index is 5.90. The molecule has 0 unspecified atom stereocenters. The van der Waals surface area contributed by atoms with Gasteiger partial charge in [0, 0.05) is 25.4 Å². The van der Waals surface area contributed by atoms with Crippen LogP contribution in [0.15, 0.2) is 35.2 Å². The second-order valence-electron chi connectivity index (χ2n) is 4.50. The van der Waals surface area contributed by atoms with Crippen molar-refractivity contribution in [1.82, 2.24) is 24.7 Å². The van der Waals surface area contributed by atoms with Crippen LogP contribution in [0.2, 0.25) is 5.15 Å². The highest BCUT2D eigenvalue weighted by molar-refractivity contribution is 9.10. The summed E-state index contributed by atoms with van der Waals surface area (Å²) >= 11 is 9.09. The van der Waals surface area contributed by atoms with Crippen molar-refractivity contribution in [3.63, 3.8) is 0 Å². The summed E-state index contributed by atoms with van der Waals surface area (Å²) < 4.78 is 2.44. The second kappa shape index (κ2) is 5.87. The first-order valence-corrected chi connectivity index (χ1v) is 7.39. The van der Waals surface area contributed by atoms with Crippen LogP contribution in [0.25, 0.3) is 11.4 Å². The number of hydrogen-bond donors (Lipinski definition) is 2. The maximum atomic E-state index is 5.90. The van der Waals surface area contributed by atoms with Crippen LogP contribution in [0.1, 0.15) is 5.56 Å². The normalized spacial score (nSPS) is 10.8. The third-order valence-corrected chi connectivity index (χ3v) is 3.51. The Morgan fingerprint density at radius 2 is 2.05 bits per heavy atom. The fraction of sp³-hybridized carbons (Fsp3) is 0.154. The molecule has 2 aromatic heterocycles. The van der Waals surface area contributed by atoms with Crippen LogP contribution in [-0.2, 0) is 13.6 Å². The standard InChI is InChI=1S/C13H12BrClN6/c1-21-7-10(15)17-11(21)9-4-2-8(3-5-9)6-16-13-18-12(14)19-20-13/h2-5,7H,6H2,1H3,(H2,16,18,19,20). The van der Waals surface area contributed by atoms with E-state index in [0.717, 1.165) is 17.0 Å². The SMILES string of the molecule is Cn1cc(Cl)nc1-c1ccc(CNc2nc(Br)n[nH]2)cc1. The molecule has 0 atom stereocenters. The van der Waals surface area contributed by atoms with Crippen LogP contribution in [-0.4, -0.2) is 24.7 Å². The first-order chi connectivity index (χ1) is 10.1. The van der Waals surface area contributed by atoms with Crippen molar-refractivity contribution in [1.29, 1.82) is 0 Å². The zero-order valence-electron chi connectivity index (χ0n) is 11.1. The number of H-pyrrole nitrogens is 1. The van der Waals surface area contributed by atoms with Crippen molar-refractivity contribution in [2.75, 3.05) is 5.32 Å². The molecule has 0 saturated carbocycles. The van der Waals surface area contributed by atoms with E-state index in [1.807, 2.05) is 35.9 Å². The Morgan fingerprint density at radius 1 is 1.29 bits per heavy atom. The van der Waals surface area contributed by atoms with Gasteiger partial charge in [0.25, 0.3) is 0 Å². The first kappa shape index (κ1) is 14.1. The van der Waals surface area contributed by atoms with Gasteiger partial charge in [-0.1, -0.05) is 35.9 Å².